The van der Waals surface area contributed by atoms with Crippen molar-refractivity contribution in [3.63, 3.8) is 0 Å². The Morgan fingerprint density at radius 1 is 1.17 bits per heavy atom. The number of likely N-dealkylation sites (N-methyl/N-ethyl adjacent to an activating group) is 1. The lowest BCUT2D eigenvalue weighted by molar-refractivity contribution is -0.153. The highest BCUT2D eigenvalue weighted by molar-refractivity contribution is 8.01. The minimum absolute atomic E-state index is 0.0291. The second kappa shape index (κ2) is 11.1. The molecule has 0 unspecified atom stereocenters. The summed E-state index contributed by atoms with van der Waals surface area (Å²) < 4.78 is -0.747. The molecule has 2 heterocycles. The van der Waals surface area contributed by atoms with Gasteiger partial charge in [-0.05, 0) is 26.3 Å². The zero-order valence-electron chi connectivity index (χ0n) is 20.1. The fourth-order valence-electron chi connectivity index (χ4n) is 4.09. The summed E-state index contributed by atoms with van der Waals surface area (Å²) in [6.07, 6.45) is 0.499. The van der Waals surface area contributed by atoms with Crippen molar-refractivity contribution in [2.24, 2.45) is 0 Å². The number of carboxylic acid groups (broad SMARTS) is 1. The number of aldehydes is 1. The summed E-state index contributed by atoms with van der Waals surface area (Å²) in [5.74, 6) is -3.62. The van der Waals surface area contributed by atoms with Crippen molar-refractivity contribution in [1.82, 2.24) is 25.8 Å². The number of aliphatic carboxylic acids is 1. The number of hydrogen-bond acceptors (Lipinski definition) is 8. The van der Waals surface area contributed by atoms with Crippen LogP contribution in [0, 0.1) is 0 Å². The monoisotopic (exact) mass is 519 g/mol. The topological polar surface area (TPSA) is 165 Å². The number of amides is 5. The third-order valence-corrected chi connectivity index (χ3v) is 7.61. The quantitative estimate of drug-likeness (QED) is 0.267. The maximum Gasteiger partial charge on any atom is 0.325 e. The Balaban J connectivity index is 1.78. The van der Waals surface area contributed by atoms with Crippen molar-refractivity contribution in [1.29, 1.82) is 0 Å². The van der Waals surface area contributed by atoms with Gasteiger partial charge >= 0.3 is 23.8 Å². The van der Waals surface area contributed by atoms with Gasteiger partial charge < -0.3 is 25.4 Å². The molecule has 36 heavy (non-hydrogen) atoms. The highest BCUT2D eigenvalue weighted by Crippen LogP contribution is 2.39. The van der Waals surface area contributed by atoms with Gasteiger partial charge in [-0.15, -0.1) is 11.8 Å². The lowest BCUT2D eigenvalue weighted by Crippen LogP contribution is -2.59. The molecule has 12 nitrogen and oxygen atoms in total. The zero-order chi connectivity index (χ0) is 26.6. The maximum atomic E-state index is 13.3. The van der Waals surface area contributed by atoms with Crippen molar-refractivity contribution in [2.45, 2.75) is 49.0 Å². The minimum Gasteiger partial charge on any atom is -0.480 e. The van der Waals surface area contributed by atoms with Crippen LogP contribution in [0.25, 0.3) is 0 Å². The van der Waals surface area contributed by atoms with Crippen LogP contribution in [0.2, 0.25) is 0 Å². The fourth-order valence-corrected chi connectivity index (χ4v) is 5.53. The Morgan fingerprint density at radius 3 is 2.39 bits per heavy atom. The van der Waals surface area contributed by atoms with E-state index in [9.17, 15) is 33.9 Å². The molecule has 13 heteroatoms. The molecule has 0 saturated carbocycles. The van der Waals surface area contributed by atoms with Gasteiger partial charge in [0.2, 0.25) is 5.91 Å². The van der Waals surface area contributed by atoms with Crippen molar-refractivity contribution in [3.8, 4) is 0 Å². The molecule has 0 spiro atoms. The van der Waals surface area contributed by atoms with Crippen LogP contribution in [0.4, 0.5) is 4.79 Å². The highest BCUT2D eigenvalue weighted by Gasteiger charge is 2.48. The number of nitrogens with zero attached hydrogens (tertiary/aromatic N) is 2. The van der Waals surface area contributed by atoms with Crippen molar-refractivity contribution in [3.05, 3.63) is 35.9 Å². The molecule has 2 fully saturated rings. The van der Waals surface area contributed by atoms with E-state index in [-0.39, 0.29) is 13.1 Å². The molecule has 2 saturated heterocycles. The van der Waals surface area contributed by atoms with Crippen LogP contribution in [-0.2, 0) is 24.0 Å². The number of imide groups is 1. The number of rotatable bonds is 8. The zero-order valence-corrected chi connectivity index (χ0v) is 20.9. The summed E-state index contributed by atoms with van der Waals surface area (Å²) in [6.45, 7) is 5.63. The number of thioether (sulfide) groups is 1. The van der Waals surface area contributed by atoms with Crippen LogP contribution in [0.3, 0.4) is 0 Å². The first-order valence-electron chi connectivity index (χ1n) is 11.4. The van der Waals surface area contributed by atoms with Gasteiger partial charge in [-0.25, -0.2) is 4.79 Å². The average Bonchev–Trinajstić information content (AvgIpc) is 3.18. The normalized spacial score (nSPS) is 23.1. The maximum absolute atomic E-state index is 13.3. The lowest BCUT2D eigenvalue weighted by atomic mass is 10.0. The smallest absolute Gasteiger partial charge is 0.325 e. The summed E-state index contributed by atoms with van der Waals surface area (Å²) in [4.78, 5) is 76.4. The van der Waals surface area contributed by atoms with Crippen molar-refractivity contribution in [2.75, 3.05) is 19.6 Å². The van der Waals surface area contributed by atoms with E-state index in [4.69, 9.17) is 0 Å². The van der Waals surface area contributed by atoms with Crippen LogP contribution >= 0.6 is 11.8 Å². The van der Waals surface area contributed by atoms with Crippen molar-refractivity contribution >= 4 is 47.8 Å². The first-order valence-corrected chi connectivity index (χ1v) is 12.3. The second-order valence-corrected chi connectivity index (χ2v) is 10.7. The van der Waals surface area contributed by atoms with Gasteiger partial charge in [0.1, 0.15) is 24.4 Å². The molecule has 0 aliphatic carbocycles. The largest absolute Gasteiger partial charge is 0.480 e. The van der Waals surface area contributed by atoms with E-state index in [1.165, 1.54) is 16.7 Å². The molecule has 1 aromatic carbocycles. The molecule has 5 amide bonds. The average molecular weight is 520 g/mol. The Bertz CT molecular complexity index is 1050. The van der Waals surface area contributed by atoms with E-state index in [0.717, 1.165) is 4.90 Å². The molecule has 1 aromatic rings. The van der Waals surface area contributed by atoms with Gasteiger partial charge in [0.05, 0.1) is 5.37 Å². The summed E-state index contributed by atoms with van der Waals surface area (Å²) in [5.41, 5.74) is 0.384. The Morgan fingerprint density at radius 2 is 1.83 bits per heavy atom. The Kier molecular flexibility index (Phi) is 8.35. The predicted molar refractivity (Wildman–Crippen MR) is 130 cm³/mol. The van der Waals surface area contributed by atoms with Gasteiger partial charge in [0.15, 0.2) is 0 Å². The number of benzene rings is 1. The van der Waals surface area contributed by atoms with Crippen LogP contribution in [0.1, 0.15) is 32.4 Å². The molecular formula is C23H29N5O7S. The van der Waals surface area contributed by atoms with Gasteiger partial charge in [-0.3, -0.25) is 29.4 Å². The standard InChI is InChI=1S/C23H29N5O7S/c1-4-27-10-11-28(20(32)19(27)31)22(35)25-15(13-8-6-5-7-9-13)17(30)24-14(12-29)18-26-16(21(33)34)23(2,3)36-18/h5-9,12,14-16,18,26H,4,10-11H2,1-3H3,(H,24,30)(H,25,35)(H,33,34)/t14-,15-,16+,18-/m1/s1. The van der Waals surface area contributed by atoms with E-state index >= 15 is 0 Å². The first-order chi connectivity index (χ1) is 17.0. The van der Waals surface area contributed by atoms with Gasteiger partial charge in [0, 0.05) is 24.4 Å². The van der Waals surface area contributed by atoms with E-state index < -0.39 is 58.0 Å². The molecule has 194 valence electrons. The van der Waals surface area contributed by atoms with Crippen LogP contribution in [0.5, 0.6) is 0 Å². The molecule has 0 aromatic heterocycles. The fraction of sp³-hybridized carbons (Fsp3) is 0.478. The molecular weight excluding hydrogens is 490 g/mol. The molecule has 4 atom stereocenters. The molecule has 4 N–H and O–H groups in total. The molecule has 2 aliphatic heterocycles. The second-order valence-electron chi connectivity index (χ2n) is 8.89. The number of carboxylic acids is 1. The number of hydrogen-bond donors (Lipinski definition) is 4. The third-order valence-electron chi connectivity index (χ3n) is 6.08. The third kappa shape index (κ3) is 5.68. The Hall–Kier alpha value is -3.45. The van der Waals surface area contributed by atoms with Crippen LogP contribution in [0.15, 0.2) is 30.3 Å². The summed E-state index contributed by atoms with van der Waals surface area (Å²) in [5, 5.41) is 16.7. The number of urea groups is 1. The van der Waals surface area contributed by atoms with Gasteiger partial charge in [-0.2, -0.15) is 0 Å². The summed E-state index contributed by atoms with van der Waals surface area (Å²) in [6, 6.07) is 3.95. The van der Waals surface area contributed by atoms with Crippen LogP contribution < -0.4 is 16.0 Å². The van der Waals surface area contributed by atoms with Crippen LogP contribution in [-0.4, -0.2) is 92.8 Å². The van der Waals surface area contributed by atoms with E-state index in [1.807, 2.05) is 0 Å². The minimum atomic E-state index is -1.29. The van der Waals surface area contributed by atoms with E-state index in [0.29, 0.717) is 18.4 Å². The van der Waals surface area contributed by atoms with E-state index in [2.05, 4.69) is 16.0 Å². The Labute approximate surface area is 212 Å². The summed E-state index contributed by atoms with van der Waals surface area (Å²) in [7, 11) is 0. The SMILES string of the molecule is CCN1CCN(C(=O)N[C@@H](C(=O)N[C@H](C=O)[C@@H]2N[C@@H](C(=O)O)C(C)(C)S2)c2ccccc2)C(=O)C1=O. The molecule has 0 radical (unpaired) electrons. The molecule has 2 aliphatic rings. The first kappa shape index (κ1) is 27.1. The molecule has 0 bridgehead atoms. The van der Waals surface area contributed by atoms with Gasteiger partial charge in [-0.1, -0.05) is 30.3 Å². The lowest BCUT2D eigenvalue weighted by Gasteiger charge is -2.33. The predicted octanol–water partition coefficient (Wildman–Crippen LogP) is -0.294. The van der Waals surface area contributed by atoms with Gasteiger partial charge in [0.25, 0.3) is 0 Å². The number of carbonyl (C=O) groups is 6. The number of nitrogens with one attached hydrogen (secondary N) is 3. The number of carbonyl (C=O) groups excluding carboxylic acids is 5. The molecule has 3 rings (SSSR count). The highest BCUT2D eigenvalue weighted by atomic mass is 32.2. The van der Waals surface area contributed by atoms with Crippen molar-refractivity contribution < 1.29 is 33.9 Å². The summed E-state index contributed by atoms with van der Waals surface area (Å²) >= 11 is 1.21. The number of piperazine rings is 1. The van der Waals surface area contributed by atoms with E-state index in [1.54, 1.807) is 51.1 Å².